The number of nitrogens with one attached hydrogen (secondary N) is 1. The van der Waals surface area contributed by atoms with Crippen molar-refractivity contribution in [1.82, 2.24) is 5.32 Å². The Kier molecular flexibility index (Phi) is 4.96. The van der Waals surface area contributed by atoms with E-state index < -0.39 is 0 Å². The van der Waals surface area contributed by atoms with Crippen LogP contribution in [0.1, 0.15) is 15.9 Å². The minimum absolute atomic E-state index is 0.0119. The van der Waals surface area contributed by atoms with E-state index in [1.807, 2.05) is 6.92 Å². The van der Waals surface area contributed by atoms with Gasteiger partial charge in [-0.15, -0.1) is 0 Å². The Bertz CT molecular complexity index is 432. The topological polar surface area (TPSA) is 47.6 Å². The first-order valence-electron chi connectivity index (χ1n) is 5.15. The Hall–Kier alpha value is -1.07. The average molecular weight is 302 g/mol. The number of ether oxygens (including phenoxy) is 2. The van der Waals surface area contributed by atoms with Crippen LogP contribution in [0.3, 0.4) is 0 Å². The van der Waals surface area contributed by atoms with Gasteiger partial charge >= 0.3 is 0 Å². The van der Waals surface area contributed by atoms with Gasteiger partial charge in [-0.2, -0.15) is 0 Å². The molecule has 1 aromatic carbocycles. The standard InChI is InChI=1S/C12H16BrNO3/c1-7-11(9(15)6-14-2)8(13)5-10(16-3)12(7)17-4/h5,14H,6H2,1-4H3. The summed E-state index contributed by atoms with van der Waals surface area (Å²) in [6, 6.07) is 1.74. The zero-order chi connectivity index (χ0) is 13.0. The quantitative estimate of drug-likeness (QED) is 0.847. The maximum Gasteiger partial charge on any atom is 0.178 e. The fraction of sp³-hybridized carbons (Fsp3) is 0.417. The van der Waals surface area contributed by atoms with E-state index in [9.17, 15) is 4.79 Å². The second-order valence-electron chi connectivity index (χ2n) is 3.55. The molecule has 5 heteroatoms. The molecule has 0 atom stereocenters. The highest BCUT2D eigenvalue weighted by atomic mass is 79.9. The van der Waals surface area contributed by atoms with Gasteiger partial charge in [-0.05, 0) is 36.0 Å². The number of methoxy groups -OCH3 is 2. The second kappa shape index (κ2) is 6.02. The highest BCUT2D eigenvalue weighted by molar-refractivity contribution is 9.10. The van der Waals surface area contributed by atoms with Gasteiger partial charge in [0.1, 0.15) is 0 Å². The lowest BCUT2D eigenvalue weighted by molar-refractivity contribution is 0.0992. The maximum atomic E-state index is 12.0. The number of carbonyl (C=O) groups is 1. The number of Topliss-reactive ketones (excluding diaryl/α,β-unsaturated/α-hetero) is 1. The third-order valence-electron chi connectivity index (χ3n) is 2.48. The van der Waals surface area contributed by atoms with E-state index in [0.29, 0.717) is 21.5 Å². The number of ketones is 1. The molecular weight excluding hydrogens is 286 g/mol. The second-order valence-corrected chi connectivity index (χ2v) is 4.40. The van der Waals surface area contributed by atoms with Crippen molar-refractivity contribution in [1.29, 1.82) is 0 Å². The highest BCUT2D eigenvalue weighted by Gasteiger charge is 2.19. The largest absolute Gasteiger partial charge is 0.493 e. The molecule has 94 valence electrons. The Morgan fingerprint density at radius 2 is 2.06 bits per heavy atom. The Morgan fingerprint density at radius 3 is 2.53 bits per heavy atom. The maximum absolute atomic E-state index is 12.0. The van der Waals surface area contributed by atoms with E-state index in [0.717, 1.165) is 5.56 Å². The summed E-state index contributed by atoms with van der Waals surface area (Å²) in [5.41, 5.74) is 1.40. The lowest BCUT2D eigenvalue weighted by Crippen LogP contribution is -2.20. The molecule has 0 fully saturated rings. The molecule has 1 rings (SSSR count). The smallest absolute Gasteiger partial charge is 0.178 e. The van der Waals surface area contributed by atoms with Crippen molar-refractivity contribution in [2.24, 2.45) is 0 Å². The zero-order valence-corrected chi connectivity index (χ0v) is 12.0. The van der Waals surface area contributed by atoms with Gasteiger partial charge in [0.25, 0.3) is 0 Å². The molecule has 4 nitrogen and oxygen atoms in total. The molecule has 17 heavy (non-hydrogen) atoms. The number of halogens is 1. The summed E-state index contributed by atoms with van der Waals surface area (Å²) >= 11 is 3.39. The Morgan fingerprint density at radius 1 is 1.41 bits per heavy atom. The highest BCUT2D eigenvalue weighted by Crippen LogP contribution is 2.37. The van der Waals surface area contributed by atoms with Crippen LogP contribution in [0.5, 0.6) is 11.5 Å². The molecule has 1 N–H and O–H groups in total. The molecule has 0 aromatic heterocycles. The average Bonchev–Trinajstić information content (AvgIpc) is 2.28. The van der Waals surface area contributed by atoms with Gasteiger partial charge in [0.15, 0.2) is 17.3 Å². The normalized spacial score (nSPS) is 10.2. The van der Waals surface area contributed by atoms with Crippen molar-refractivity contribution in [3.8, 4) is 11.5 Å². The van der Waals surface area contributed by atoms with E-state index in [1.54, 1.807) is 27.3 Å². The van der Waals surface area contributed by atoms with E-state index in [1.165, 1.54) is 0 Å². The summed E-state index contributed by atoms with van der Waals surface area (Å²) in [4.78, 5) is 12.0. The lowest BCUT2D eigenvalue weighted by atomic mass is 10.0. The summed E-state index contributed by atoms with van der Waals surface area (Å²) in [5.74, 6) is 1.21. The molecule has 0 heterocycles. The molecule has 0 aliphatic heterocycles. The third kappa shape index (κ3) is 2.79. The van der Waals surface area contributed by atoms with Crippen LogP contribution in [0.4, 0.5) is 0 Å². The van der Waals surface area contributed by atoms with E-state index in [4.69, 9.17) is 9.47 Å². The predicted octanol–water partition coefficient (Wildman–Crippen LogP) is 2.18. The van der Waals surface area contributed by atoms with Crippen LogP contribution < -0.4 is 14.8 Å². The molecule has 0 amide bonds. The SMILES string of the molecule is CNCC(=O)c1c(Br)cc(OC)c(OC)c1C. The number of hydrogen-bond donors (Lipinski definition) is 1. The first-order chi connectivity index (χ1) is 8.06. The molecular formula is C12H16BrNO3. The van der Waals surface area contributed by atoms with Gasteiger partial charge < -0.3 is 14.8 Å². The van der Waals surface area contributed by atoms with E-state index >= 15 is 0 Å². The molecule has 0 aliphatic carbocycles. The summed E-state index contributed by atoms with van der Waals surface area (Å²) in [6.45, 7) is 2.13. The number of carbonyl (C=O) groups excluding carboxylic acids is 1. The summed E-state index contributed by atoms with van der Waals surface area (Å²) in [7, 11) is 4.87. The molecule has 1 aromatic rings. The molecule has 0 spiro atoms. The van der Waals surface area contributed by atoms with Crippen molar-refractivity contribution >= 4 is 21.7 Å². The van der Waals surface area contributed by atoms with E-state index in [-0.39, 0.29) is 12.3 Å². The third-order valence-corrected chi connectivity index (χ3v) is 3.10. The lowest BCUT2D eigenvalue weighted by Gasteiger charge is -2.15. The minimum Gasteiger partial charge on any atom is -0.493 e. The van der Waals surface area contributed by atoms with Crippen LogP contribution >= 0.6 is 15.9 Å². The number of likely N-dealkylation sites (N-methyl/N-ethyl adjacent to an activating group) is 1. The fourth-order valence-corrected chi connectivity index (χ4v) is 2.45. The zero-order valence-electron chi connectivity index (χ0n) is 10.4. The van der Waals surface area contributed by atoms with Gasteiger partial charge in [0.2, 0.25) is 0 Å². The molecule has 0 radical (unpaired) electrons. The van der Waals surface area contributed by atoms with Crippen LogP contribution in [-0.2, 0) is 0 Å². The van der Waals surface area contributed by atoms with Crippen LogP contribution in [0.15, 0.2) is 10.5 Å². The monoisotopic (exact) mass is 301 g/mol. The predicted molar refractivity (Wildman–Crippen MR) is 70.2 cm³/mol. The van der Waals surface area contributed by atoms with Crippen molar-refractivity contribution in [2.75, 3.05) is 27.8 Å². The van der Waals surface area contributed by atoms with Gasteiger partial charge in [-0.3, -0.25) is 4.79 Å². The first kappa shape index (κ1) is 14.0. The van der Waals surface area contributed by atoms with Gasteiger partial charge in [-0.25, -0.2) is 0 Å². The Balaban J connectivity index is 3.36. The number of benzene rings is 1. The van der Waals surface area contributed by atoms with Gasteiger partial charge in [0.05, 0.1) is 20.8 Å². The van der Waals surface area contributed by atoms with Gasteiger partial charge in [-0.1, -0.05) is 0 Å². The Labute approximate surface area is 109 Å². The van der Waals surface area contributed by atoms with Crippen LogP contribution in [0.2, 0.25) is 0 Å². The van der Waals surface area contributed by atoms with E-state index in [2.05, 4.69) is 21.2 Å². The minimum atomic E-state index is 0.0119. The van der Waals surface area contributed by atoms with Crippen LogP contribution in [-0.4, -0.2) is 33.6 Å². The molecule has 0 unspecified atom stereocenters. The van der Waals surface area contributed by atoms with Crippen LogP contribution in [0.25, 0.3) is 0 Å². The molecule has 0 aliphatic rings. The molecule has 0 bridgehead atoms. The number of rotatable bonds is 5. The summed E-state index contributed by atoms with van der Waals surface area (Å²) in [5, 5.41) is 2.84. The molecule has 0 saturated heterocycles. The summed E-state index contributed by atoms with van der Waals surface area (Å²) < 4.78 is 11.2. The van der Waals surface area contributed by atoms with Crippen molar-refractivity contribution < 1.29 is 14.3 Å². The first-order valence-corrected chi connectivity index (χ1v) is 5.95. The van der Waals surface area contributed by atoms with Crippen molar-refractivity contribution in [3.63, 3.8) is 0 Å². The number of hydrogen-bond acceptors (Lipinski definition) is 4. The van der Waals surface area contributed by atoms with Gasteiger partial charge in [0, 0.05) is 15.6 Å². The van der Waals surface area contributed by atoms with Crippen molar-refractivity contribution in [2.45, 2.75) is 6.92 Å². The van der Waals surface area contributed by atoms with Crippen LogP contribution in [0, 0.1) is 6.92 Å². The van der Waals surface area contributed by atoms with Crippen molar-refractivity contribution in [3.05, 3.63) is 21.7 Å². The summed E-state index contributed by atoms with van der Waals surface area (Å²) in [6.07, 6.45) is 0. The fourth-order valence-electron chi connectivity index (χ4n) is 1.73. The molecule has 0 saturated carbocycles.